The third kappa shape index (κ3) is 3.39. The third-order valence-electron chi connectivity index (χ3n) is 4.23. The zero-order valence-electron chi connectivity index (χ0n) is 13.4. The fraction of sp³-hybridized carbons (Fsp3) is 0.400. The Balaban J connectivity index is 1.97. The molecule has 27 heavy (non-hydrogen) atoms. The minimum absolute atomic E-state index is 0.119. The summed E-state index contributed by atoms with van der Waals surface area (Å²) in [6.45, 7) is -0.732. The third-order valence-corrected chi connectivity index (χ3v) is 4.23. The lowest BCUT2D eigenvalue weighted by molar-refractivity contribution is -0.215. The molecule has 12 heteroatoms. The van der Waals surface area contributed by atoms with Gasteiger partial charge in [0.15, 0.2) is 23.6 Å². The van der Waals surface area contributed by atoms with Crippen LogP contribution in [0.4, 0.5) is 13.2 Å². The number of ether oxygens (including phenoxy) is 1. The number of nitrogens with zero attached hydrogens (tertiary/aromatic N) is 3. The lowest BCUT2D eigenvalue weighted by Gasteiger charge is -2.40. The van der Waals surface area contributed by atoms with Gasteiger partial charge in [-0.25, -0.2) is 22.6 Å². The highest BCUT2D eigenvalue weighted by Gasteiger charge is 2.48. The Labute approximate surface area is 149 Å². The van der Waals surface area contributed by atoms with E-state index in [4.69, 9.17) is 9.84 Å². The van der Waals surface area contributed by atoms with Crippen molar-refractivity contribution in [1.29, 1.82) is 0 Å². The van der Waals surface area contributed by atoms with Crippen molar-refractivity contribution in [1.82, 2.24) is 15.0 Å². The molecule has 4 N–H and O–H groups in total. The first-order valence-electron chi connectivity index (χ1n) is 7.66. The number of aromatic nitrogens is 3. The van der Waals surface area contributed by atoms with Crippen LogP contribution in [0.1, 0.15) is 6.04 Å². The van der Waals surface area contributed by atoms with Gasteiger partial charge in [0.2, 0.25) is 0 Å². The van der Waals surface area contributed by atoms with Gasteiger partial charge in [-0.3, -0.25) is 0 Å². The van der Waals surface area contributed by atoms with Crippen LogP contribution in [0.5, 0.6) is 0 Å². The molecule has 0 unspecified atom stereocenters. The maximum atomic E-state index is 13.4. The van der Waals surface area contributed by atoms with E-state index in [0.717, 1.165) is 10.9 Å². The SMILES string of the molecule is O=C(O)[C@@H]1O[C@H](CO)[C@H](O)[C@H](n2cc(-c3cc(F)c(F)c(F)c3)nn2)[C@H]1O. The summed E-state index contributed by atoms with van der Waals surface area (Å²) in [5.41, 5.74) is -0.284. The van der Waals surface area contributed by atoms with Crippen LogP contribution in [0.3, 0.4) is 0 Å². The smallest absolute Gasteiger partial charge is 0.335 e. The number of carbonyl (C=O) groups is 1. The summed E-state index contributed by atoms with van der Waals surface area (Å²) < 4.78 is 45.7. The highest BCUT2D eigenvalue weighted by Crippen LogP contribution is 2.31. The summed E-state index contributed by atoms with van der Waals surface area (Å²) in [5, 5.41) is 46.2. The number of rotatable bonds is 4. The number of carboxylic acids is 1. The first kappa shape index (κ1) is 19.2. The zero-order chi connectivity index (χ0) is 19.9. The lowest BCUT2D eigenvalue weighted by atomic mass is 9.92. The van der Waals surface area contributed by atoms with Crippen molar-refractivity contribution in [2.45, 2.75) is 30.5 Å². The van der Waals surface area contributed by atoms with Gasteiger partial charge in [-0.15, -0.1) is 5.10 Å². The second-order valence-electron chi connectivity index (χ2n) is 5.93. The van der Waals surface area contributed by atoms with Crippen molar-refractivity contribution in [3.05, 3.63) is 35.8 Å². The zero-order valence-corrected chi connectivity index (χ0v) is 13.4. The molecule has 1 aliphatic heterocycles. The lowest BCUT2D eigenvalue weighted by Crippen LogP contribution is -2.58. The summed E-state index contributed by atoms with van der Waals surface area (Å²) in [6, 6.07) is -0.0196. The molecule has 3 rings (SSSR count). The predicted molar refractivity (Wildman–Crippen MR) is 79.8 cm³/mol. The molecule has 0 amide bonds. The fourth-order valence-electron chi connectivity index (χ4n) is 2.88. The molecule has 0 aliphatic carbocycles. The summed E-state index contributed by atoms with van der Waals surface area (Å²) in [4.78, 5) is 11.2. The molecule has 9 nitrogen and oxygen atoms in total. The largest absolute Gasteiger partial charge is 0.479 e. The second kappa shape index (κ2) is 7.23. The molecular formula is C15H14F3N3O6. The Morgan fingerprint density at radius 3 is 2.37 bits per heavy atom. The molecule has 2 heterocycles. The number of aliphatic carboxylic acids is 1. The van der Waals surface area contributed by atoms with Gasteiger partial charge in [0.1, 0.15) is 30.0 Å². The molecule has 1 fully saturated rings. The maximum absolute atomic E-state index is 13.4. The topological polar surface area (TPSA) is 138 Å². The van der Waals surface area contributed by atoms with Crippen molar-refractivity contribution in [2.75, 3.05) is 6.61 Å². The maximum Gasteiger partial charge on any atom is 0.335 e. The van der Waals surface area contributed by atoms with Gasteiger partial charge in [-0.05, 0) is 12.1 Å². The number of benzene rings is 1. The Morgan fingerprint density at radius 2 is 1.81 bits per heavy atom. The van der Waals surface area contributed by atoms with Crippen LogP contribution in [0, 0.1) is 17.5 Å². The van der Waals surface area contributed by atoms with Crippen LogP contribution in [-0.2, 0) is 9.53 Å². The molecule has 0 saturated carbocycles. The average molecular weight is 389 g/mol. The van der Waals surface area contributed by atoms with E-state index in [9.17, 15) is 33.3 Å². The first-order chi connectivity index (χ1) is 12.7. The molecular weight excluding hydrogens is 375 g/mol. The van der Waals surface area contributed by atoms with Crippen LogP contribution >= 0.6 is 0 Å². The minimum Gasteiger partial charge on any atom is -0.479 e. The molecule has 1 aromatic heterocycles. The number of aliphatic hydroxyl groups is 3. The molecule has 0 radical (unpaired) electrons. The minimum atomic E-state index is -1.77. The van der Waals surface area contributed by atoms with Crippen LogP contribution in [0.15, 0.2) is 18.3 Å². The van der Waals surface area contributed by atoms with E-state index in [1.165, 1.54) is 0 Å². The normalized spacial score (nSPS) is 28.3. The van der Waals surface area contributed by atoms with E-state index >= 15 is 0 Å². The predicted octanol–water partition coefficient (Wildman–Crippen LogP) is -0.530. The van der Waals surface area contributed by atoms with Gasteiger partial charge in [-0.2, -0.15) is 0 Å². The van der Waals surface area contributed by atoms with Crippen molar-refractivity contribution in [3.8, 4) is 11.3 Å². The Bertz CT molecular complexity index is 840. The Morgan fingerprint density at radius 1 is 1.19 bits per heavy atom. The van der Waals surface area contributed by atoms with Gasteiger partial charge in [0.25, 0.3) is 0 Å². The molecule has 1 aliphatic rings. The van der Waals surface area contributed by atoms with Gasteiger partial charge in [0, 0.05) is 5.56 Å². The van der Waals surface area contributed by atoms with Crippen LogP contribution in [-0.4, -0.2) is 72.4 Å². The fourth-order valence-corrected chi connectivity index (χ4v) is 2.88. The molecule has 5 atom stereocenters. The molecule has 0 spiro atoms. The molecule has 2 aromatic rings. The van der Waals surface area contributed by atoms with Crippen LogP contribution in [0.2, 0.25) is 0 Å². The summed E-state index contributed by atoms with van der Waals surface area (Å²) in [7, 11) is 0. The van der Waals surface area contributed by atoms with E-state index < -0.39 is 60.5 Å². The van der Waals surface area contributed by atoms with Crippen molar-refractivity contribution < 1.29 is 43.1 Å². The van der Waals surface area contributed by atoms with E-state index in [0.29, 0.717) is 12.1 Å². The van der Waals surface area contributed by atoms with Crippen molar-refractivity contribution >= 4 is 5.97 Å². The number of hydrogen-bond donors (Lipinski definition) is 4. The highest BCUT2D eigenvalue weighted by molar-refractivity contribution is 5.73. The van der Waals surface area contributed by atoms with Crippen molar-refractivity contribution in [2.24, 2.45) is 0 Å². The van der Waals surface area contributed by atoms with Gasteiger partial charge >= 0.3 is 5.97 Å². The van der Waals surface area contributed by atoms with Gasteiger partial charge < -0.3 is 25.2 Å². The average Bonchev–Trinajstić information content (AvgIpc) is 3.09. The summed E-state index contributed by atoms with van der Waals surface area (Å²) >= 11 is 0. The summed E-state index contributed by atoms with van der Waals surface area (Å²) in [5.74, 6) is -6.08. The van der Waals surface area contributed by atoms with Gasteiger partial charge in [-0.1, -0.05) is 5.21 Å². The number of aliphatic hydroxyl groups excluding tert-OH is 3. The molecule has 1 saturated heterocycles. The monoisotopic (exact) mass is 389 g/mol. The van der Waals surface area contributed by atoms with Gasteiger partial charge in [0.05, 0.1) is 12.8 Å². The van der Waals surface area contributed by atoms with Crippen LogP contribution in [0.25, 0.3) is 11.3 Å². The van der Waals surface area contributed by atoms with E-state index in [1.54, 1.807) is 0 Å². The second-order valence-corrected chi connectivity index (χ2v) is 5.93. The summed E-state index contributed by atoms with van der Waals surface area (Å²) in [6.07, 6.45) is -5.33. The number of hydrogen-bond acceptors (Lipinski definition) is 7. The van der Waals surface area contributed by atoms with Crippen LogP contribution < -0.4 is 0 Å². The quantitative estimate of drug-likeness (QED) is 0.512. The highest BCUT2D eigenvalue weighted by atomic mass is 19.2. The molecule has 1 aromatic carbocycles. The number of carboxylic acid groups (broad SMARTS) is 1. The Hall–Kier alpha value is -2.54. The molecule has 146 valence electrons. The Kier molecular flexibility index (Phi) is 5.15. The van der Waals surface area contributed by atoms with E-state index in [2.05, 4.69) is 10.3 Å². The first-order valence-corrected chi connectivity index (χ1v) is 7.66. The standard InChI is InChI=1S/C15H14F3N3O6/c16-6-1-5(2-7(17)10(6)18)8-3-21(20-19-8)11-12(23)9(4-22)27-14(13(11)24)15(25)26/h1-3,9,11-14,22-24H,4H2,(H,25,26)/t9-,11+,12+,13-,14-/m1/s1. The van der Waals surface area contributed by atoms with E-state index in [-0.39, 0.29) is 11.3 Å². The van der Waals surface area contributed by atoms with E-state index in [1.807, 2.05) is 0 Å². The molecule has 0 bridgehead atoms. The number of halogens is 3. The van der Waals surface area contributed by atoms with Crippen molar-refractivity contribution in [3.63, 3.8) is 0 Å².